The second-order valence-corrected chi connectivity index (χ2v) is 7.86. The molecule has 6 heteroatoms. The molecule has 0 spiro atoms. The highest BCUT2D eigenvalue weighted by Crippen LogP contribution is 2.33. The molecule has 6 nitrogen and oxygen atoms in total. The third-order valence-electron chi connectivity index (χ3n) is 4.69. The lowest BCUT2D eigenvalue weighted by molar-refractivity contribution is 0.0523. The molecule has 0 aliphatic carbocycles. The monoisotopic (exact) mass is 362 g/mol. The van der Waals surface area contributed by atoms with E-state index in [1.165, 1.54) is 5.56 Å². The van der Waals surface area contributed by atoms with E-state index in [1.54, 1.807) is 4.90 Å². The number of carbonyl (C=O) groups excluding carboxylic acids is 1. The van der Waals surface area contributed by atoms with Crippen molar-refractivity contribution in [2.24, 2.45) is 0 Å². The van der Waals surface area contributed by atoms with Crippen molar-refractivity contribution in [2.75, 3.05) is 6.54 Å². The summed E-state index contributed by atoms with van der Waals surface area (Å²) in [4.78, 5) is 24.7. The summed E-state index contributed by atoms with van der Waals surface area (Å²) < 4.78 is 5.26. The second-order valence-electron chi connectivity index (χ2n) is 7.86. The molecule has 2 unspecified atom stereocenters. The molecule has 2 N–H and O–H groups in total. The minimum Gasteiger partial charge on any atom is -0.465 e. The van der Waals surface area contributed by atoms with E-state index in [0.29, 0.717) is 19.0 Å². The van der Waals surface area contributed by atoms with Crippen molar-refractivity contribution in [3.8, 4) is 0 Å². The van der Waals surface area contributed by atoms with Gasteiger partial charge in [-0.2, -0.15) is 0 Å². The zero-order valence-electron chi connectivity index (χ0n) is 16.1. The van der Waals surface area contributed by atoms with E-state index in [1.807, 2.05) is 39.8 Å². The molecule has 0 radical (unpaired) electrons. The molecular weight excluding hydrogens is 332 g/mol. The number of carbonyl (C=O) groups is 2. The van der Waals surface area contributed by atoms with Gasteiger partial charge in [0, 0.05) is 19.1 Å². The van der Waals surface area contributed by atoms with Gasteiger partial charge < -0.3 is 20.1 Å². The first kappa shape index (κ1) is 20.1. The molecule has 1 saturated heterocycles. The smallest absolute Gasteiger partial charge is 0.407 e. The Kier molecular flexibility index (Phi) is 6.51. The van der Waals surface area contributed by atoms with Crippen molar-refractivity contribution >= 4 is 12.2 Å². The molecule has 1 aromatic rings. The van der Waals surface area contributed by atoms with Crippen LogP contribution in [0.4, 0.5) is 9.59 Å². The Morgan fingerprint density at radius 3 is 2.69 bits per heavy atom. The van der Waals surface area contributed by atoms with Crippen molar-refractivity contribution in [3.05, 3.63) is 35.4 Å². The minimum absolute atomic E-state index is 0.0646. The number of ether oxygens (including phenoxy) is 1. The van der Waals surface area contributed by atoms with Crippen LogP contribution >= 0.6 is 0 Å². The van der Waals surface area contributed by atoms with Gasteiger partial charge in [-0.25, -0.2) is 9.59 Å². The van der Waals surface area contributed by atoms with Crippen LogP contribution < -0.4 is 5.32 Å². The van der Waals surface area contributed by atoms with E-state index in [9.17, 15) is 14.7 Å². The number of hydrogen-bond donors (Lipinski definition) is 2. The number of carboxylic acid groups (broad SMARTS) is 1. The summed E-state index contributed by atoms with van der Waals surface area (Å²) in [5.41, 5.74) is 1.71. The molecule has 144 valence electrons. The second kappa shape index (κ2) is 8.43. The number of amides is 2. The van der Waals surface area contributed by atoms with E-state index in [4.69, 9.17) is 4.74 Å². The van der Waals surface area contributed by atoms with Gasteiger partial charge in [0.05, 0.1) is 0 Å². The Morgan fingerprint density at radius 1 is 1.35 bits per heavy atom. The van der Waals surface area contributed by atoms with Gasteiger partial charge in [-0.05, 0) is 57.1 Å². The Morgan fingerprint density at radius 2 is 2.08 bits per heavy atom. The number of rotatable bonds is 4. The first-order chi connectivity index (χ1) is 12.2. The van der Waals surface area contributed by atoms with Crippen molar-refractivity contribution in [1.82, 2.24) is 10.2 Å². The van der Waals surface area contributed by atoms with Gasteiger partial charge in [-0.3, -0.25) is 0 Å². The number of benzene rings is 1. The van der Waals surface area contributed by atoms with Gasteiger partial charge >= 0.3 is 12.2 Å². The van der Waals surface area contributed by atoms with Crippen LogP contribution in [0.25, 0.3) is 0 Å². The Bertz CT molecular complexity index is 639. The lowest BCUT2D eigenvalue weighted by Gasteiger charge is -2.37. The predicted octanol–water partition coefficient (Wildman–Crippen LogP) is 4.35. The fourth-order valence-corrected chi connectivity index (χ4v) is 3.44. The summed E-state index contributed by atoms with van der Waals surface area (Å²) in [5.74, 6) is 0.344. The van der Waals surface area contributed by atoms with Gasteiger partial charge in [0.2, 0.25) is 0 Å². The van der Waals surface area contributed by atoms with Crippen LogP contribution in [0.3, 0.4) is 0 Å². The zero-order valence-corrected chi connectivity index (χ0v) is 16.1. The van der Waals surface area contributed by atoms with Crippen molar-refractivity contribution in [2.45, 2.75) is 71.1 Å². The van der Waals surface area contributed by atoms with Crippen LogP contribution in [0.15, 0.2) is 24.3 Å². The van der Waals surface area contributed by atoms with E-state index in [2.05, 4.69) is 17.4 Å². The largest absolute Gasteiger partial charge is 0.465 e. The van der Waals surface area contributed by atoms with Crippen molar-refractivity contribution in [1.29, 1.82) is 0 Å². The molecule has 1 fully saturated rings. The molecule has 2 rings (SSSR count). The number of nitrogens with one attached hydrogen (secondary N) is 1. The third kappa shape index (κ3) is 5.64. The van der Waals surface area contributed by atoms with Crippen LogP contribution in [0.1, 0.15) is 64.0 Å². The number of likely N-dealkylation sites (tertiary alicyclic amines) is 1. The first-order valence-electron chi connectivity index (χ1n) is 9.25. The van der Waals surface area contributed by atoms with Crippen LogP contribution in [-0.4, -0.2) is 40.4 Å². The molecule has 1 aliphatic heterocycles. The Hall–Kier alpha value is -2.24. The number of hydrogen-bond acceptors (Lipinski definition) is 3. The summed E-state index contributed by atoms with van der Waals surface area (Å²) in [6.07, 6.45) is 1.23. The summed E-state index contributed by atoms with van der Waals surface area (Å²) in [6, 6.07) is 8.22. The summed E-state index contributed by atoms with van der Waals surface area (Å²) in [5, 5.41) is 12.1. The maximum absolute atomic E-state index is 11.8. The fourth-order valence-electron chi connectivity index (χ4n) is 3.44. The van der Waals surface area contributed by atoms with Gasteiger partial charge in [0.15, 0.2) is 0 Å². The minimum atomic E-state index is -0.828. The normalized spacial score (nSPS) is 20.5. The third-order valence-corrected chi connectivity index (χ3v) is 4.69. The molecule has 2 atom stereocenters. The van der Waals surface area contributed by atoms with Gasteiger partial charge in [-0.1, -0.05) is 31.2 Å². The summed E-state index contributed by atoms with van der Waals surface area (Å²) in [6.45, 7) is 8.51. The average molecular weight is 362 g/mol. The zero-order chi connectivity index (χ0) is 19.3. The first-order valence-corrected chi connectivity index (χ1v) is 9.25. The van der Waals surface area contributed by atoms with Crippen LogP contribution in [-0.2, 0) is 11.3 Å². The van der Waals surface area contributed by atoms with Gasteiger partial charge in [-0.15, -0.1) is 0 Å². The lowest BCUT2D eigenvalue weighted by atomic mass is 9.84. The Labute approximate surface area is 155 Å². The molecule has 2 amide bonds. The number of nitrogens with zero attached hydrogens (tertiary/aromatic N) is 1. The highest BCUT2D eigenvalue weighted by atomic mass is 16.6. The molecular formula is C20H30N2O4. The van der Waals surface area contributed by atoms with Crippen LogP contribution in [0.2, 0.25) is 0 Å². The van der Waals surface area contributed by atoms with Crippen molar-refractivity contribution in [3.63, 3.8) is 0 Å². The van der Waals surface area contributed by atoms with Crippen LogP contribution in [0.5, 0.6) is 0 Å². The highest BCUT2D eigenvalue weighted by Gasteiger charge is 2.31. The average Bonchev–Trinajstić information content (AvgIpc) is 2.58. The van der Waals surface area contributed by atoms with Crippen LogP contribution in [0, 0.1) is 0 Å². The fraction of sp³-hybridized carbons (Fsp3) is 0.600. The quantitative estimate of drug-likeness (QED) is 0.835. The SMILES string of the molecule is CCC1CC(c2cccc(CNC(=O)OC(C)(C)C)c2)CCN1C(=O)O. The topological polar surface area (TPSA) is 78.9 Å². The van der Waals surface area contributed by atoms with Crippen molar-refractivity contribution < 1.29 is 19.4 Å². The van der Waals surface area contributed by atoms with E-state index in [0.717, 1.165) is 24.8 Å². The lowest BCUT2D eigenvalue weighted by Crippen LogP contribution is -2.44. The summed E-state index contributed by atoms with van der Waals surface area (Å²) >= 11 is 0. The van der Waals surface area contributed by atoms with Gasteiger partial charge in [0.1, 0.15) is 5.60 Å². The molecule has 1 heterocycles. The number of piperidine rings is 1. The van der Waals surface area contributed by atoms with E-state index >= 15 is 0 Å². The standard InChI is InChI=1S/C20H30N2O4/c1-5-17-12-16(9-10-22(17)19(24)25)15-8-6-7-14(11-15)13-21-18(23)26-20(2,3)4/h6-8,11,16-17H,5,9-10,12-13H2,1-4H3,(H,21,23)(H,24,25). The predicted molar refractivity (Wildman–Crippen MR) is 100 cm³/mol. The molecule has 0 bridgehead atoms. The number of alkyl carbamates (subject to hydrolysis) is 1. The molecule has 0 saturated carbocycles. The Balaban J connectivity index is 1.98. The molecule has 1 aromatic carbocycles. The maximum Gasteiger partial charge on any atom is 0.407 e. The molecule has 26 heavy (non-hydrogen) atoms. The van der Waals surface area contributed by atoms with Gasteiger partial charge in [0.25, 0.3) is 0 Å². The van der Waals surface area contributed by atoms with E-state index in [-0.39, 0.29) is 6.04 Å². The molecule has 0 aromatic heterocycles. The summed E-state index contributed by atoms with van der Waals surface area (Å²) in [7, 11) is 0. The molecule has 1 aliphatic rings. The van der Waals surface area contributed by atoms with E-state index < -0.39 is 17.8 Å². The highest BCUT2D eigenvalue weighted by molar-refractivity contribution is 5.67. The maximum atomic E-state index is 11.8.